The van der Waals surface area contributed by atoms with E-state index in [2.05, 4.69) is 15.2 Å². The van der Waals surface area contributed by atoms with E-state index in [-0.39, 0.29) is 5.38 Å². The molecule has 2 rings (SSSR count). The summed E-state index contributed by atoms with van der Waals surface area (Å²) in [4.78, 5) is 4.26. The third-order valence-corrected chi connectivity index (χ3v) is 3.05. The van der Waals surface area contributed by atoms with Crippen LogP contribution in [0.3, 0.4) is 0 Å². The van der Waals surface area contributed by atoms with Crippen LogP contribution in [0.25, 0.3) is 11.5 Å². The van der Waals surface area contributed by atoms with E-state index < -0.39 is 0 Å². The second-order valence-corrected chi connectivity index (χ2v) is 4.13. The molecule has 0 aliphatic carbocycles. The molecule has 86 valence electrons. The second kappa shape index (κ2) is 4.25. The van der Waals surface area contributed by atoms with Crippen LogP contribution < -0.4 is 0 Å². The summed E-state index contributed by atoms with van der Waals surface area (Å²) in [5.74, 6) is 1.00. The average molecular weight is 241 g/mol. The van der Waals surface area contributed by atoms with Gasteiger partial charge in [-0.25, -0.2) is 0 Å². The molecule has 16 heavy (non-hydrogen) atoms. The van der Waals surface area contributed by atoms with Crippen molar-refractivity contribution in [1.29, 1.82) is 0 Å². The second-order valence-electron chi connectivity index (χ2n) is 3.60. The van der Waals surface area contributed by atoms with Gasteiger partial charge in [0.1, 0.15) is 0 Å². The predicted octanol–water partition coefficient (Wildman–Crippen LogP) is 2.47. The maximum Gasteiger partial charge on any atom is 0.261 e. The molecule has 2 aromatic rings. The van der Waals surface area contributed by atoms with Crippen molar-refractivity contribution in [3.8, 4) is 11.5 Å². The number of rotatable bonds is 3. The van der Waals surface area contributed by atoms with Gasteiger partial charge in [-0.15, -0.1) is 11.6 Å². The number of hydrogen-bond acceptors (Lipinski definition) is 4. The van der Waals surface area contributed by atoms with Crippen LogP contribution in [-0.2, 0) is 7.05 Å². The van der Waals surface area contributed by atoms with Crippen LogP contribution in [0.2, 0.25) is 0 Å². The molecule has 0 spiro atoms. The van der Waals surface area contributed by atoms with Crippen molar-refractivity contribution in [2.75, 3.05) is 0 Å². The van der Waals surface area contributed by atoms with E-state index in [0.717, 1.165) is 17.7 Å². The Labute approximate surface area is 98.4 Å². The summed E-state index contributed by atoms with van der Waals surface area (Å²) in [7, 11) is 1.87. The highest BCUT2D eigenvalue weighted by molar-refractivity contribution is 6.20. The minimum absolute atomic E-state index is 0.200. The van der Waals surface area contributed by atoms with Crippen LogP contribution in [0.5, 0.6) is 0 Å². The SMILES string of the molecule is CCC(Cl)c1noc(-c2cnn(C)c2C)n1. The topological polar surface area (TPSA) is 56.7 Å². The molecule has 0 saturated heterocycles. The molecule has 0 N–H and O–H groups in total. The Kier molecular flexibility index (Phi) is 2.96. The van der Waals surface area contributed by atoms with Gasteiger partial charge >= 0.3 is 0 Å². The molecule has 0 amide bonds. The quantitative estimate of drug-likeness (QED) is 0.774. The van der Waals surface area contributed by atoms with Crippen LogP contribution in [0.15, 0.2) is 10.7 Å². The Morgan fingerprint density at radius 3 is 2.88 bits per heavy atom. The summed E-state index contributed by atoms with van der Waals surface area (Å²) in [5.41, 5.74) is 1.83. The van der Waals surface area contributed by atoms with E-state index in [0.29, 0.717) is 11.7 Å². The highest BCUT2D eigenvalue weighted by Crippen LogP contribution is 2.25. The van der Waals surface area contributed by atoms with Gasteiger partial charge in [0.2, 0.25) is 0 Å². The van der Waals surface area contributed by atoms with Crippen molar-refractivity contribution in [3.05, 3.63) is 17.7 Å². The van der Waals surface area contributed by atoms with Gasteiger partial charge in [-0.05, 0) is 13.3 Å². The zero-order valence-electron chi connectivity index (χ0n) is 9.44. The Bertz CT molecular complexity index is 491. The van der Waals surface area contributed by atoms with Crippen LogP contribution >= 0.6 is 11.6 Å². The molecule has 0 aliphatic rings. The fraction of sp³-hybridized carbons (Fsp3) is 0.500. The first-order chi connectivity index (χ1) is 7.63. The van der Waals surface area contributed by atoms with Gasteiger partial charge < -0.3 is 4.52 Å². The van der Waals surface area contributed by atoms with Crippen molar-refractivity contribution in [3.63, 3.8) is 0 Å². The van der Waals surface area contributed by atoms with Gasteiger partial charge in [-0.1, -0.05) is 12.1 Å². The molecule has 0 radical (unpaired) electrons. The standard InChI is InChI=1S/C10H13ClN4O/c1-4-8(11)9-13-10(16-14-9)7-5-12-15(3)6(7)2/h5,8H,4H2,1-3H3. The van der Waals surface area contributed by atoms with Gasteiger partial charge in [0.05, 0.1) is 17.1 Å². The minimum Gasteiger partial charge on any atom is -0.334 e. The van der Waals surface area contributed by atoms with Crippen molar-refractivity contribution in [2.45, 2.75) is 25.6 Å². The zero-order chi connectivity index (χ0) is 11.7. The van der Waals surface area contributed by atoms with Gasteiger partial charge in [0, 0.05) is 12.7 Å². The summed E-state index contributed by atoms with van der Waals surface area (Å²) in [6, 6.07) is 0. The Morgan fingerprint density at radius 1 is 1.56 bits per heavy atom. The van der Waals surface area contributed by atoms with Crippen LogP contribution in [0, 0.1) is 6.92 Å². The smallest absolute Gasteiger partial charge is 0.261 e. The van der Waals surface area contributed by atoms with Crippen LogP contribution in [0.4, 0.5) is 0 Å². The lowest BCUT2D eigenvalue weighted by Gasteiger charge is -1.96. The fourth-order valence-corrected chi connectivity index (χ4v) is 1.45. The molecule has 2 aromatic heterocycles. The van der Waals surface area contributed by atoms with E-state index in [9.17, 15) is 0 Å². The predicted molar refractivity (Wildman–Crippen MR) is 60.1 cm³/mol. The van der Waals surface area contributed by atoms with E-state index in [4.69, 9.17) is 16.1 Å². The Morgan fingerprint density at radius 2 is 2.31 bits per heavy atom. The lowest BCUT2D eigenvalue weighted by atomic mass is 10.2. The molecule has 1 atom stereocenters. The van der Waals surface area contributed by atoms with Crippen LogP contribution in [0.1, 0.15) is 30.2 Å². The molecule has 0 fully saturated rings. The first-order valence-corrected chi connectivity index (χ1v) is 5.53. The summed E-state index contributed by atoms with van der Waals surface area (Å²) >= 11 is 6.03. The van der Waals surface area contributed by atoms with Gasteiger partial charge in [-0.2, -0.15) is 10.1 Å². The number of nitrogens with zero attached hydrogens (tertiary/aromatic N) is 4. The molecule has 0 saturated carbocycles. The number of alkyl halides is 1. The number of hydrogen-bond donors (Lipinski definition) is 0. The Balaban J connectivity index is 2.35. The number of aryl methyl sites for hydroxylation is 1. The number of halogens is 1. The van der Waals surface area contributed by atoms with E-state index in [1.54, 1.807) is 10.9 Å². The molecule has 1 unspecified atom stereocenters. The molecule has 6 heteroatoms. The maximum atomic E-state index is 6.03. The molecular formula is C10H13ClN4O. The summed E-state index contributed by atoms with van der Waals surface area (Å²) in [5, 5.41) is 7.78. The van der Waals surface area contributed by atoms with Crippen molar-refractivity contribution >= 4 is 11.6 Å². The number of aromatic nitrogens is 4. The molecule has 0 aliphatic heterocycles. The Hall–Kier alpha value is -1.36. The van der Waals surface area contributed by atoms with Crippen molar-refractivity contribution < 1.29 is 4.52 Å². The first-order valence-electron chi connectivity index (χ1n) is 5.10. The average Bonchev–Trinajstić information content (AvgIpc) is 2.87. The van der Waals surface area contributed by atoms with Gasteiger partial charge in [-0.3, -0.25) is 4.68 Å². The molecular weight excluding hydrogens is 228 g/mol. The van der Waals surface area contributed by atoms with Gasteiger partial charge in [0.15, 0.2) is 5.82 Å². The zero-order valence-corrected chi connectivity index (χ0v) is 10.2. The van der Waals surface area contributed by atoms with E-state index in [1.165, 1.54) is 0 Å². The third kappa shape index (κ3) is 1.82. The van der Waals surface area contributed by atoms with Crippen molar-refractivity contribution in [1.82, 2.24) is 19.9 Å². The van der Waals surface area contributed by atoms with Crippen LogP contribution in [-0.4, -0.2) is 19.9 Å². The lowest BCUT2D eigenvalue weighted by Crippen LogP contribution is -1.93. The third-order valence-electron chi connectivity index (χ3n) is 2.55. The largest absolute Gasteiger partial charge is 0.334 e. The lowest BCUT2D eigenvalue weighted by molar-refractivity contribution is 0.421. The minimum atomic E-state index is -0.200. The van der Waals surface area contributed by atoms with Crippen molar-refractivity contribution in [2.24, 2.45) is 7.05 Å². The first kappa shape index (κ1) is 11.1. The fourth-order valence-electron chi connectivity index (χ4n) is 1.36. The molecule has 2 heterocycles. The monoisotopic (exact) mass is 240 g/mol. The summed E-state index contributed by atoms with van der Waals surface area (Å²) in [6.45, 7) is 3.92. The highest BCUT2D eigenvalue weighted by atomic mass is 35.5. The highest BCUT2D eigenvalue weighted by Gasteiger charge is 2.17. The summed E-state index contributed by atoms with van der Waals surface area (Å²) in [6.07, 6.45) is 2.48. The summed E-state index contributed by atoms with van der Waals surface area (Å²) < 4.78 is 6.93. The maximum absolute atomic E-state index is 6.03. The molecule has 5 nitrogen and oxygen atoms in total. The molecule has 0 aromatic carbocycles. The van der Waals surface area contributed by atoms with Gasteiger partial charge in [0.25, 0.3) is 5.89 Å². The molecule has 0 bridgehead atoms. The normalized spacial score (nSPS) is 13.0. The van der Waals surface area contributed by atoms with E-state index >= 15 is 0 Å². The van der Waals surface area contributed by atoms with E-state index in [1.807, 2.05) is 20.9 Å².